The molecule has 0 unspecified atom stereocenters. The number of aromatic nitrogens is 1. The summed E-state index contributed by atoms with van der Waals surface area (Å²) >= 11 is 1.61. The van der Waals surface area contributed by atoms with E-state index in [2.05, 4.69) is 17.2 Å². The Labute approximate surface area is 130 Å². The molecular formula is C13H14N4O4S. The van der Waals surface area contributed by atoms with Gasteiger partial charge in [0.25, 0.3) is 11.4 Å². The van der Waals surface area contributed by atoms with Gasteiger partial charge in [0.05, 0.1) is 20.9 Å². The molecule has 1 heterocycles. The van der Waals surface area contributed by atoms with Gasteiger partial charge >= 0.3 is 0 Å². The number of thiazole rings is 1. The van der Waals surface area contributed by atoms with Crippen molar-refractivity contribution in [3.63, 3.8) is 0 Å². The van der Waals surface area contributed by atoms with Gasteiger partial charge in [0.15, 0.2) is 0 Å². The van der Waals surface area contributed by atoms with E-state index in [4.69, 9.17) is 0 Å². The molecule has 0 aliphatic carbocycles. The molecule has 1 aromatic heterocycles. The zero-order chi connectivity index (χ0) is 16.1. The molecule has 0 atom stereocenters. The van der Waals surface area contributed by atoms with E-state index in [0.29, 0.717) is 13.0 Å². The minimum absolute atomic E-state index is 0.267. The number of nitrogens with one attached hydrogen (secondary N) is 1. The van der Waals surface area contributed by atoms with E-state index in [0.717, 1.165) is 17.5 Å². The average Bonchev–Trinajstić information content (AvgIpc) is 2.95. The molecule has 0 radical (unpaired) electrons. The number of nitro groups is 2. The fraction of sp³-hybridized carbons (Fsp3) is 0.308. The average molecular weight is 322 g/mol. The van der Waals surface area contributed by atoms with Crippen LogP contribution in [-0.2, 0) is 12.8 Å². The van der Waals surface area contributed by atoms with Crippen molar-refractivity contribution < 1.29 is 9.85 Å². The second-order valence-electron chi connectivity index (χ2n) is 4.47. The first-order valence-corrected chi connectivity index (χ1v) is 7.43. The molecule has 0 fully saturated rings. The molecule has 0 spiro atoms. The molecule has 0 saturated heterocycles. The highest BCUT2D eigenvalue weighted by Crippen LogP contribution is 2.28. The van der Waals surface area contributed by atoms with Crippen molar-refractivity contribution >= 4 is 28.4 Å². The second kappa shape index (κ2) is 6.94. The number of non-ortho nitro benzene ring substituents is 1. The van der Waals surface area contributed by atoms with E-state index in [9.17, 15) is 20.2 Å². The number of nitrogens with zero attached hydrogens (tertiary/aromatic N) is 3. The van der Waals surface area contributed by atoms with Crippen LogP contribution in [0.15, 0.2) is 24.4 Å². The minimum atomic E-state index is -0.654. The molecule has 0 amide bonds. The van der Waals surface area contributed by atoms with Gasteiger partial charge in [0, 0.05) is 30.1 Å². The molecule has 1 N–H and O–H groups in total. The molecule has 0 aliphatic heterocycles. The first kappa shape index (κ1) is 15.8. The summed E-state index contributed by atoms with van der Waals surface area (Å²) in [5.74, 6) is 0. The zero-order valence-corrected chi connectivity index (χ0v) is 12.6. The summed E-state index contributed by atoms with van der Waals surface area (Å²) in [6.07, 6.45) is 3.39. The summed E-state index contributed by atoms with van der Waals surface area (Å²) in [7, 11) is 0. The normalized spacial score (nSPS) is 10.4. The lowest BCUT2D eigenvalue weighted by atomic mass is 10.2. The van der Waals surface area contributed by atoms with Crippen LogP contribution in [0.1, 0.15) is 16.8 Å². The van der Waals surface area contributed by atoms with Gasteiger partial charge in [-0.15, -0.1) is 11.3 Å². The molecule has 0 aliphatic rings. The van der Waals surface area contributed by atoms with Gasteiger partial charge in [-0.1, -0.05) is 6.92 Å². The molecule has 2 aromatic rings. The monoisotopic (exact) mass is 322 g/mol. The lowest BCUT2D eigenvalue weighted by molar-refractivity contribution is -0.393. The molecule has 0 bridgehead atoms. The smallest absolute Gasteiger partial charge is 0.299 e. The van der Waals surface area contributed by atoms with Crippen LogP contribution in [0.2, 0.25) is 0 Å². The Balaban J connectivity index is 2.05. The van der Waals surface area contributed by atoms with Crippen molar-refractivity contribution in [1.82, 2.24) is 4.98 Å². The maximum absolute atomic E-state index is 11.0. The Morgan fingerprint density at radius 2 is 2.05 bits per heavy atom. The van der Waals surface area contributed by atoms with Crippen LogP contribution in [-0.4, -0.2) is 21.4 Å². The van der Waals surface area contributed by atoms with E-state index >= 15 is 0 Å². The molecule has 8 nitrogen and oxygen atoms in total. The standard InChI is InChI=1S/C13H14N4O4S/c1-2-10-8-15-13(22-10)5-6-14-11-4-3-9(16(18)19)7-12(11)17(20)21/h3-4,7-8,14H,2,5-6H2,1H3. The summed E-state index contributed by atoms with van der Waals surface area (Å²) in [6.45, 7) is 2.52. The van der Waals surface area contributed by atoms with E-state index in [1.165, 1.54) is 17.0 Å². The van der Waals surface area contributed by atoms with Crippen molar-refractivity contribution in [2.75, 3.05) is 11.9 Å². The maximum Gasteiger partial charge on any atom is 0.299 e. The van der Waals surface area contributed by atoms with Crippen LogP contribution < -0.4 is 5.32 Å². The van der Waals surface area contributed by atoms with Crippen LogP contribution in [0, 0.1) is 20.2 Å². The van der Waals surface area contributed by atoms with Crippen molar-refractivity contribution in [2.24, 2.45) is 0 Å². The highest BCUT2D eigenvalue weighted by molar-refractivity contribution is 7.11. The van der Waals surface area contributed by atoms with Gasteiger partial charge in [-0.25, -0.2) is 4.98 Å². The van der Waals surface area contributed by atoms with Crippen LogP contribution in [0.5, 0.6) is 0 Å². The fourth-order valence-electron chi connectivity index (χ4n) is 1.87. The SMILES string of the molecule is CCc1cnc(CCNc2ccc([N+](=O)[O-])cc2[N+](=O)[O-])s1. The number of aryl methyl sites for hydroxylation is 1. The zero-order valence-electron chi connectivity index (χ0n) is 11.8. The van der Waals surface area contributed by atoms with Crippen molar-refractivity contribution in [3.05, 3.63) is 54.5 Å². The number of hydrogen-bond acceptors (Lipinski definition) is 7. The number of anilines is 1. The van der Waals surface area contributed by atoms with Gasteiger partial charge in [0.1, 0.15) is 5.69 Å². The first-order valence-electron chi connectivity index (χ1n) is 6.61. The number of hydrogen-bond donors (Lipinski definition) is 1. The first-order chi connectivity index (χ1) is 10.5. The largest absolute Gasteiger partial charge is 0.379 e. The quantitative estimate of drug-likeness (QED) is 0.619. The topological polar surface area (TPSA) is 111 Å². The van der Waals surface area contributed by atoms with E-state index in [-0.39, 0.29) is 17.1 Å². The summed E-state index contributed by atoms with van der Waals surface area (Å²) in [6, 6.07) is 3.56. The van der Waals surface area contributed by atoms with Crippen LogP contribution in [0.4, 0.5) is 17.1 Å². The predicted octanol–water partition coefficient (Wildman–Crippen LogP) is 3.18. The van der Waals surface area contributed by atoms with Gasteiger partial charge in [-0.05, 0) is 12.5 Å². The second-order valence-corrected chi connectivity index (χ2v) is 5.67. The molecule has 0 saturated carbocycles. The van der Waals surface area contributed by atoms with Gasteiger partial charge in [-0.2, -0.15) is 0 Å². The van der Waals surface area contributed by atoms with Crippen molar-refractivity contribution in [3.8, 4) is 0 Å². The minimum Gasteiger partial charge on any atom is -0.379 e. The Hall–Kier alpha value is -2.55. The molecule has 2 rings (SSSR count). The predicted molar refractivity (Wildman–Crippen MR) is 83.4 cm³/mol. The lowest BCUT2D eigenvalue weighted by Gasteiger charge is -2.05. The Bertz CT molecular complexity index is 701. The Morgan fingerprint density at radius 3 is 2.64 bits per heavy atom. The Kier molecular flexibility index (Phi) is 4.99. The van der Waals surface area contributed by atoms with Gasteiger partial charge in [0.2, 0.25) is 0 Å². The molecule has 22 heavy (non-hydrogen) atoms. The lowest BCUT2D eigenvalue weighted by Crippen LogP contribution is -2.07. The third-order valence-corrected chi connectivity index (χ3v) is 4.19. The molecular weight excluding hydrogens is 308 g/mol. The number of benzene rings is 1. The summed E-state index contributed by atoms with van der Waals surface area (Å²) < 4.78 is 0. The third-order valence-electron chi connectivity index (χ3n) is 2.99. The summed E-state index contributed by atoms with van der Waals surface area (Å²) in [5, 5.41) is 25.6. The van der Waals surface area contributed by atoms with Crippen LogP contribution >= 0.6 is 11.3 Å². The third kappa shape index (κ3) is 3.76. The van der Waals surface area contributed by atoms with Gasteiger partial charge in [-0.3, -0.25) is 20.2 Å². The molecule has 1 aromatic carbocycles. The fourth-order valence-corrected chi connectivity index (χ4v) is 2.73. The van der Waals surface area contributed by atoms with Gasteiger partial charge < -0.3 is 5.32 Å². The summed E-state index contributed by atoms with van der Waals surface area (Å²) in [5.41, 5.74) is -0.338. The number of rotatable bonds is 7. The van der Waals surface area contributed by atoms with E-state index in [1.54, 1.807) is 11.3 Å². The maximum atomic E-state index is 11.0. The molecule has 116 valence electrons. The van der Waals surface area contributed by atoms with E-state index in [1.807, 2.05) is 6.20 Å². The highest BCUT2D eigenvalue weighted by atomic mass is 32.1. The van der Waals surface area contributed by atoms with Crippen molar-refractivity contribution in [2.45, 2.75) is 19.8 Å². The van der Waals surface area contributed by atoms with Crippen LogP contribution in [0.25, 0.3) is 0 Å². The number of nitro benzene ring substituents is 2. The van der Waals surface area contributed by atoms with Crippen LogP contribution in [0.3, 0.4) is 0 Å². The van der Waals surface area contributed by atoms with Crippen molar-refractivity contribution in [1.29, 1.82) is 0 Å². The summed E-state index contributed by atoms with van der Waals surface area (Å²) in [4.78, 5) is 25.9. The Morgan fingerprint density at radius 1 is 1.27 bits per heavy atom. The molecule has 9 heteroatoms. The highest BCUT2D eigenvalue weighted by Gasteiger charge is 2.19. The van der Waals surface area contributed by atoms with E-state index < -0.39 is 9.85 Å².